The molecule has 0 spiro atoms. The van der Waals surface area contributed by atoms with Gasteiger partial charge in [-0.25, -0.2) is 0 Å². The summed E-state index contributed by atoms with van der Waals surface area (Å²) in [5.41, 5.74) is 0. The molecule has 1 aliphatic heterocycles. The van der Waals surface area contributed by atoms with Crippen molar-refractivity contribution in [3.63, 3.8) is 0 Å². The maximum Gasteiger partial charge on any atom is 0.306 e. The fourth-order valence-electron chi connectivity index (χ4n) is 5.13. The highest BCUT2D eigenvalue weighted by Gasteiger charge is 2.23. The average Bonchev–Trinajstić information content (AvgIpc) is 3.51. The molecular formula is C31H55NO10. The molecule has 4 rings (SSSR count). The van der Waals surface area contributed by atoms with Crippen LogP contribution in [0.4, 0.5) is 0 Å². The molecule has 0 radical (unpaired) electrons. The normalized spacial score (nSPS) is 20.2. The molecule has 0 amide bonds. The first kappa shape index (κ1) is 39.3. The Morgan fingerprint density at radius 3 is 0.881 bits per heavy atom. The third-order valence-electron chi connectivity index (χ3n) is 8.17. The third kappa shape index (κ3) is 19.4. The first-order valence-corrected chi connectivity index (χ1v) is 15.6. The second kappa shape index (κ2) is 22.9. The zero-order valence-corrected chi connectivity index (χ0v) is 25.8. The van der Waals surface area contributed by atoms with Crippen molar-refractivity contribution in [3.05, 3.63) is 0 Å². The number of hydrogen-bond donors (Lipinski definition) is 5. The lowest BCUT2D eigenvalue weighted by Gasteiger charge is -2.25. The number of hydrogen-bond acceptors (Lipinski definition) is 6. The predicted molar refractivity (Wildman–Crippen MR) is 158 cm³/mol. The van der Waals surface area contributed by atoms with Gasteiger partial charge in [-0.1, -0.05) is 65.2 Å². The van der Waals surface area contributed by atoms with E-state index in [0.29, 0.717) is 0 Å². The molecule has 0 atom stereocenters. The second-order valence-corrected chi connectivity index (χ2v) is 12.1. The summed E-state index contributed by atoms with van der Waals surface area (Å²) in [7, 11) is 2.03. The Kier molecular flexibility index (Phi) is 21.4. The molecule has 1 heterocycles. The summed E-state index contributed by atoms with van der Waals surface area (Å²) in [6, 6.07) is 0. The molecule has 1 saturated heterocycles. The lowest BCUT2D eigenvalue weighted by Crippen LogP contribution is -2.33. The average molecular weight is 602 g/mol. The maximum absolute atomic E-state index is 10.4. The minimum atomic E-state index is -0.741. The number of carboxylic acids is 5. The number of carbonyl (C=O) groups is 5. The van der Waals surface area contributed by atoms with Gasteiger partial charge in [0.15, 0.2) is 0 Å². The van der Waals surface area contributed by atoms with Gasteiger partial charge in [-0.3, -0.25) is 24.0 Å². The fourth-order valence-corrected chi connectivity index (χ4v) is 5.13. The van der Waals surface area contributed by atoms with Crippen molar-refractivity contribution in [3.8, 4) is 0 Å². The summed E-state index contributed by atoms with van der Waals surface area (Å²) in [5.74, 6) is -3.58. The number of likely N-dealkylation sites (tertiary alicyclic amines) is 1. The molecule has 0 bridgehead atoms. The van der Waals surface area contributed by atoms with E-state index in [1.807, 2.05) is 7.05 Å². The van der Waals surface area contributed by atoms with E-state index in [0.717, 1.165) is 103 Å². The molecule has 4 fully saturated rings. The highest BCUT2D eigenvalue weighted by Crippen LogP contribution is 2.25. The van der Waals surface area contributed by atoms with Gasteiger partial charge in [0.25, 0.3) is 0 Å². The van der Waals surface area contributed by atoms with Gasteiger partial charge in [-0.15, -0.1) is 0 Å². The summed E-state index contributed by atoms with van der Waals surface area (Å²) < 4.78 is 0. The standard InChI is InChI=1S/C7H13NO2.2C7H12O2.C6H10O2.C4H8O2/c1-8-4-2-6(3-5-8)7(9)10;2*8-7(9)6-4-2-1-3-5-6;7-6(8)5-3-1-2-4-5;1-3(2)4(5)6/h6H,2-5H2,1H3,(H,9,10);2*6H,1-5H2,(H,8,9);5H,1-4H2,(H,7,8);3H,1-2H3,(H,5,6). The van der Waals surface area contributed by atoms with Crippen molar-refractivity contribution in [1.82, 2.24) is 4.90 Å². The summed E-state index contributed by atoms with van der Waals surface area (Å²) in [4.78, 5) is 53.2. The van der Waals surface area contributed by atoms with Crippen molar-refractivity contribution in [2.45, 2.75) is 117 Å². The van der Waals surface area contributed by atoms with Gasteiger partial charge in [0, 0.05) is 0 Å². The highest BCUT2D eigenvalue weighted by atomic mass is 16.4. The van der Waals surface area contributed by atoms with Crippen molar-refractivity contribution < 1.29 is 49.5 Å². The SMILES string of the molecule is CC(C)C(=O)O.CN1CCC(C(=O)O)CC1.O=C(O)C1CCCC1.O=C(O)C1CCCCC1.O=C(O)C1CCCCC1. The Labute approximate surface area is 250 Å². The minimum absolute atomic E-state index is 0.0185. The van der Waals surface area contributed by atoms with Crippen molar-refractivity contribution in [2.24, 2.45) is 29.6 Å². The van der Waals surface area contributed by atoms with E-state index in [2.05, 4.69) is 4.90 Å². The van der Waals surface area contributed by atoms with Gasteiger partial charge in [-0.05, 0) is 71.5 Å². The van der Waals surface area contributed by atoms with Crippen LogP contribution in [0.2, 0.25) is 0 Å². The molecular weight excluding hydrogens is 546 g/mol. The molecule has 11 heteroatoms. The number of piperidine rings is 1. The van der Waals surface area contributed by atoms with Crippen LogP contribution in [0.3, 0.4) is 0 Å². The molecule has 3 saturated carbocycles. The predicted octanol–water partition coefficient (Wildman–Crippen LogP) is 5.70. The summed E-state index contributed by atoms with van der Waals surface area (Å²) in [5, 5.41) is 42.1. The Morgan fingerprint density at radius 2 is 0.690 bits per heavy atom. The maximum atomic E-state index is 10.4. The Bertz CT molecular complexity index is 762. The van der Waals surface area contributed by atoms with Crippen LogP contribution in [-0.2, 0) is 24.0 Å². The molecule has 11 nitrogen and oxygen atoms in total. The molecule has 0 aromatic carbocycles. The molecule has 0 unspecified atom stereocenters. The zero-order chi connectivity index (χ0) is 32.1. The highest BCUT2D eigenvalue weighted by molar-refractivity contribution is 5.71. The Balaban J connectivity index is 0.000000505. The van der Waals surface area contributed by atoms with Gasteiger partial charge in [-0.2, -0.15) is 0 Å². The second-order valence-electron chi connectivity index (χ2n) is 12.1. The topological polar surface area (TPSA) is 190 Å². The molecule has 3 aliphatic carbocycles. The van der Waals surface area contributed by atoms with E-state index in [-0.39, 0.29) is 29.6 Å². The summed E-state index contributed by atoms with van der Waals surface area (Å²) >= 11 is 0. The quantitative estimate of drug-likeness (QED) is 0.260. The first-order chi connectivity index (χ1) is 19.8. The van der Waals surface area contributed by atoms with Gasteiger partial charge < -0.3 is 30.4 Å². The summed E-state index contributed by atoms with van der Waals surface area (Å²) in [6.07, 6.45) is 16.1. The molecule has 0 aromatic rings. The number of aliphatic carboxylic acids is 5. The van der Waals surface area contributed by atoms with Gasteiger partial charge in [0.1, 0.15) is 0 Å². The smallest absolute Gasteiger partial charge is 0.306 e. The summed E-state index contributed by atoms with van der Waals surface area (Å²) in [6.45, 7) is 5.14. The van der Waals surface area contributed by atoms with Crippen molar-refractivity contribution >= 4 is 29.8 Å². The lowest BCUT2D eigenvalue weighted by molar-refractivity contribution is -0.144. The largest absolute Gasteiger partial charge is 0.481 e. The van der Waals surface area contributed by atoms with Gasteiger partial charge >= 0.3 is 29.8 Å². The van der Waals surface area contributed by atoms with E-state index < -0.39 is 29.8 Å². The van der Waals surface area contributed by atoms with Crippen LogP contribution in [-0.4, -0.2) is 80.4 Å². The van der Waals surface area contributed by atoms with Crippen LogP contribution in [0.25, 0.3) is 0 Å². The van der Waals surface area contributed by atoms with Crippen LogP contribution in [0.1, 0.15) is 117 Å². The number of nitrogens with zero attached hydrogens (tertiary/aromatic N) is 1. The van der Waals surface area contributed by atoms with Crippen LogP contribution in [0.15, 0.2) is 0 Å². The van der Waals surface area contributed by atoms with E-state index in [9.17, 15) is 24.0 Å². The molecule has 42 heavy (non-hydrogen) atoms. The van der Waals surface area contributed by atoms with E-state index in [1.165, 1.54) is 12.8 Å². The molecule has 5 N–H and O–H groups in total. The van der Waals surface area contributed by atoms with Crippen LogP contribution in [0, 0.1) is 29.6 Å². The van der Waals surface area contributed by atoms with E-state index >= 15 is 0 Å². The van der Waals surface area contributed by atoms with E-state index in [1.54, 1.807) is 13.8 Å². The van der Waals surface area contributed by atoms with Crippen LogP contribution >= 0.6 is 0 Å². The van der Waals surface area contributed by atoms with Crippen molar-refractivity contribution in [1.29, 1.82) is 0 Å². The number of carboxylic acid groups (broad SMARTS) is 5. The van der Waals surface area contributed by atoms with Crippen LogP contribution < -0.4 is 0 Å². The monoisotopic (exact) mass is 601 g/mol. The molecule has 244 valence electrons. The minimum Gasteiger partial charge on any atom is -0.481 e. The molecule has 0 aromatic heterocycles. The third-order valence-corrected chi connectivity index (χ3v) is 8.17. The van der Waals surface area contributed by atoms with Gasteiger partial charge in [0.05, 0.1) is 29.6 Å². The van der Waals surface area contributed by atoms with Crippen LogP contribution in [0.5, 0.6) is 0 Å². The zero-order valence-electron chi connectivity index (χ0n) is 25.8. The Hall–Kier alpha value is -2.69. The number of rotatable bonds is 5. The first-order valence-electron chi connectivity index (χ1n) is 15.6. The molecule has 4 aliphatic rings. The lowest BCUT2D eigenvalue weighted by atomic mass is 9.90. The van der Waals surface area contributed by atoms with Crippen molar-refractivity contribution in [2.75, 3.05) is 20.1 Å². The van der Waals surface area contributed by atoms with Gasteiger partial charge in [0.2, 0.25) is 0 Å². The Morgan fingerprint density at radius 1 is 0.476 bits per heavy atom. The van der Waals surface area contributed by atoms with E-state index in [4.69, 9.17) is 25.5 Å². The fraction of sp³-hybridized carbons (Fsp3) is 0.839.